The maximum absolute atomic E-state index is 14.5. The van der Waals surface area contributed by atoms with Crippen molar-refractivity contribution in [1.82, 2.24) is 10.0 Å². The number of ether oxygens (including phenoxy) is 1. The molecule has 0 aromatic heterocycles. The molecule has 0 fully saturated rings. The lowest BCUT2D eigenvalue weighted by Crippen LogP contribution is -2.46. The summed E-state index contributed by atoms with van der Waals surface area (Å²) in [5.74, 6) is -6.44. The van der Waals surface area contributed by atoms with Gasteiger partial charge in [-0.25, -0.2) is 13.4 Å². The third-order valence-electron chi connectivity index (χ3n) is 3.86. The molecule has 0 radical (unpaired) electrons. The molecular formula is C17H12F4IN3O4S. The Balaban J connectivity index is 1.80. The second kappa shape index (κ2) is 8.37. The highest BCUT2D eigenvalue weighted by Crippen LogP contribution is 2.35. The number of nitrogens with one attached hydrogen (secondary N) is 2. The van der Waals surface area contributed by atoms with E-state index in [2.05, 4.69) is 9.73 Å². The van der Waals surface area contributed by atoms with Crippen molar-refractivity contribution in [3.8, 4) is 5.75 Å². The topological polar surface area (TPSA) is 96.9 Å². The maximum Gasteiger partial charge on any atom is 0.387 e. The van der Waals surface area contributed by atoms with Crippen LogP contribution in [0, 0.1) is 3.57 Å². The van der Waals surface area contributed by atoms with E-state index in [4.69, 9.17) is 0 Å². The van der Waals surface area contributed by atoms with Crippen LogP contribution in [0.15, 0.2) is 52.4 Å². The van der Waals surface area contributed by atoms with E-state index < -0.39 is 52.2 Å². The number of carbonyl (C=O) groups is 1. The van der Waals surface area contributed by atoms with E-state index in [1.54, 1.807) is 6.07 Å². The van der Waals surface area contributed by atoms with Gasteiger partial charge in [-0.05, 0) is 52.9 Å². The van der Waals surface area contributed by atoms with Crippen molar-refractivity contribution < 1.29 is 35.5 Å². The van der Waals surface area contributed by atoms with Crippen LogP contribution in [-0.2, 0) is 20.7 Å². The number of hydrogen-bond acceptors (Lipinski definition) is 5. The molecule has 0 saturated heterocycles. The molecule has 1 heterocycles. The summed E-state index contributed by atoms with van der Waals surface area (Å²) >= 11 is 1.90. The predicted molar refractivity (Wildman–Crippen MR) is 107 cm³/mol. The largest absolute Gasteiger partial charge is 0.434 e. The molecule has 0 saturated carbocycles. The maximum atomic E-state index is 14.5. The van der Waals surface area contributed by atoms with Gasteiger partial charge in [-0.15, -0.1) is 0 Å². The summed E-state index contributed by atoms with van der Waals surface area (Å²) in [5, 5.41) is 1.86. The monoisotopic (exact) mass is 557 g/mol. The molecule has 0 spiro atoms. The van der Waals surface area contributed by atoms with E-state index in [1.807, 2.05) is 32.6 Å². The molecule has 2 aromatic carbocycles. The summed E-state index contributed by atoms with van der Waals surface area (Å²) in [7, 11) is -4.12. The Hall–Kier alpha value is -2.42. The van der Waals surface area contributed by atoms with Crippen molar-refractivity contribution in [2.45, 2.75) is 17.4 Å². The van der Waals surface area contributed by atoms with Crippen LogP contribution in [0.3, 0.4) is 0 Å². The predicted octanol–water partition coefficient (Wildman–Crippen LogP) is 3.12. The second-order valence-corrected chi connectivity index (χ2v) is 8.84. The molecule has 0 unspecified atom stereocenters. The summed E-state index contributed by atoms with van der Waals surface area (Å²) in [5.41, 5.74) is -0.890. The van der Waals surface area contributed by atoms with Gasteiger partial charge in [0.2, 0.25) is 5.84 Å². The highest BCUT2D eigenvalue weighted by atomic mass is 127. The molecule has 2 N–H and O–H groups in total. The number of fused-ring (bicyclic) bond motifs is 1. The zero-order valence-corrected chi connectivity index (χ0v) is 17.7. The number of nitrogens with zero attached hydrogens (tertiary/aromatic N) is 1. The van der Waals surface area contributed by atoms with Crippen molar-refractivity contribution in [3.63, 3.8) is 0 Å². The lowest BCUT2D eigenvalue weighted by molar-refractivity contribution is -0.117. The van der Waals surface area contributed by atoms with Crippen LogP contribution in [0.5, 0.6) is 5.75 Å². The number of carbonyl (C=O) groups excluding carboxylic acids is 1. The molecule has 2 aromatic rings. The van der Waals surface area contributed by atoms with Crippen LogP contribution in [0.1, 0.15) is 5.56 Å². The fraction of sp³-hybridized carbons (Fsp3) is 0.176. The standard InChI is InChI=1S/C17H12F4IN3O4S/c18-16(19)29-12-4-2-1-3-10(12)17(20,21)8-23-15(26)14-24-11-6-5-9(22)7-13(11)30(27,28)25-14/h1-7,16H,8H2,(H,23,26)(H,24,25). The third-order valence-corrected chi connectivity index (χ3v) is 5.90. The highest BCUT2D eigenvalue weighted by Gasteiger charge is 2.37. The van der Waals surface area contributed by atoms with Gasteiger partial charge in [0, 0.05) is 3.57 Å². The number of para-hydroxylation sites is 1. The van der Waals surface area contributed by atoms with Crippen LogP contribution in [0.2, 0.25) is 0 Å². The lowest BCUT2D eigenvalue weighted by atomic mass is 10.1. The van der Waals surface area contributed by atoms with E-state index in [1.165, 1.54) is 24.3 Å². The Bertz CT molecular complexity index is 1130. The summed E-state index contributed by atoms with van der Waals surface area (Å²) in [6, 6.07) is 8.52. The molecule has 3 rings (SSSR count). The number of hydrogen-bond donors (Lipinski definition) is 2. The Labute approximate surface area is 181 Å². The van der Waals surface area contributed by atoms with Gasteiger partial charge in [-0.3, -0.25) is 9.52 Å². The van der Waals surface area contributed by atoms with E-state index in [0.717, 1.165) is 12.1 Å². The molecule has 1 aliphatic heterocycles. The van der Waals surface area contributed by atoms with Crippen LogP contribution in [0.25, 0.3) is 0 Å². The number of rotatable bonds is 6. The van der Waals surface area contributed by atoms with Crippen molar-refractivity contribution in [3.05, 3.63) is 51.6 Å². The van der Waals surface area contributed by atoms with Gasteiger partial charge >= 0.3 is 6.61 Å². The van der Waals surface area contributed by atoms with Gasteiger partial charge in [0.15, 0.2) is 0 Å². The highest BCUT2D eigenvalue weighted by molar-refractivity contribution is 14.1. The van der Waals surface area contributed by atoms with Gasteiger partial charge in [-0.1, -0.05) is 12.1 Å². The quantitative estimate of drug-likeness (QED) is 0.422. The Morgan fingerprint density at radius 3 is 2.63 bits per heavy atom. The van der Waals surface area contributed by atoms with Crippen LogP contribution < -0.4 is 14.8 Å². The number of sulfonamides is 1. The fourth-order valence-corrected chi connectivity index (χ4v) is 4.43. The minimum Gasteiger partial charge on any atom is -0.434 e. The summed E-state index contributed by atoms with van der Waals surface area (Å²) in [4.78, 5) is 15.9. The molecule has 13 heteroatoms. The first-order chi connectivity index (χ1) is 14.0. The van der Waals surface area contributed by atoms with Crippen molar-refractivity contribution in [2.75, 3.05) is 6.54 Å². The number of amidine groups is 1. The first kappa shape index (κ1) is 22.3. The number of alkyl halides is 4. The fourth-order valence-electron chi connectivity index (χ4n) is 2.56. The first-order valence-corrected chi connectivity index (χ1v) is 10.7. The minimum absolute atomic E-state index is 0.0262. The molecule has 7 nitrogen and oxygen atoms in total. The number of aliphatic imine (C=N–C) groups is 1. The Kier molecular flexibility index (Phi) is 6.21. The van der Waals surface area contributed by atoms with Gasteiger partial charge < -0.3 is 10.1 Å². The molecule has 30 heavy (non-hydrogen) atoms. The number of amides is 1. The van der Waals surface area contributed by atoms with Crippen molar-refractivity contribution in [1.29, 1.82) is 0 Å². The minimum atomic E-state index is -4.12. The molecule has 1 amide bonds. The van der Waals surface area contributed by atoms with Gasteiger partial charge in [-0.2, -0.15) is 17.6 Å². The number of halogens is 5. The van der Waals surface area contributed by atoms with Crippen LogP contribution in [0.4, 0.5) is 23.2 Å². The van der Waals surface area contributed by atoms with Gasteiger partial charge in [0.05, 0.1) is 17.8 Å². The smallest absolute Gasteiger partial charge is 0.387 e. The second-order valence-electron chi connectivity index (χ2n) is 5.94. The van der Waals surface area contributed by atoms with E-state index in [-0.39, 0.29) is 10.6 Å². The van der Waals surface area contributed by atoms with E-state index in [0.29, 0.717) is 3.57 Å². The summed E-state index contributed by atoms with van der Waals surface area (Å²) in [6.45, 7) is -4.62. The molecule has 0 atom stereocenters. The molecule has 0 aliphatic carbocycles. The Morgan fingerprint density at radius 2 is 1.93 bits per heavy atom. The van der Waals surface area contributed by atoms with Gasteiger partial charge in [0.25, 0.3) is 21.9 Å². The third kappa shape index (κ3) is 4.83. The van der Waals surface area contributed by atoms with Crippen LogP contribution in [-0.4, -0.2) is 33.3 Å². The first-order valence-electron chi connectivity index (χ1n) is 8.11. The summed E-state index contributed by atoms with van der Waals surface area (Å²) in [6.07, 6.45) is 0. The van der Waals surface area contributed by atoms with E-state index in [9.17, 15) is 30.8 Å². The van der Waals surface area contributed by atoms with E-state index >= 15 is 0 Å². The zero-order valence-electron chi connectivity index (χ0n) is 14.7. The van der Waals surface area contributed by atoms with Crippen molar-refractivity contribution in [2.24, 2.45) is 4.99 Å². The Morgan fingerprint density at radius 1 is 1.23 bits per heavy atom. The van der Waals surface area contributed by atoms with Gasteiger partial charge in [0.1, 0.15) is 10.6 Å². The average Bonchev–Trinajstić information content (AvgIpc) is 2.66. The normalized spacial score (nSPS) is 15.1. The molecule has 0 bridgehead atoms. The van der Waals surface area contributed by atoms with Crippen molar-refractivity contribution >= 4 is 50.0 Å². The molecule has 160 valence electrons. The number of benzene rings is 2. The average molecular weight is 557 g/mol. The summed E-state index contributed by atoms with van der Waals surface area (Å²) < 4.78 is 85.1. The lowest BCUT2D eigenvalue weighted by Gasteiger charge is -2.21. The molecular weight excluding hydrogens is 545 g/mol. The SMILES string of the molecule is O=C(NCC(F)(F)c1ccccc1OC(F)F)C1=Nc2ccc(I)cc2S(=O)(=O)N1. The molecule has 1 aliphatic rings. The van der Waals surface area contributed by atoms with Crippen LogP contribution >= 0.6 is 22.6 Å². The zero-order chi connectivity index (χ0) is 22.1.